The van der Waals surface area contributed by atoms with Gasteiger partial charge in [0.05, 0.1) is 29.9 Å². The number of rotatable bonds is 5. The second kappa shape index (κ2) is 9.05. The van der Waals surface area contributed by atoms with Crippen molar-refractivity contribution in [3.63, 3.8) is 0 Å². The first-order valence-corrected chi connectivity index (χ1v) is 12.2. The van der Waals surface area contributed by atoms with E-state index in [1.54, 1.807) is 11.1 Å². The van der Waals surface area contributed by atoms with E-state index in [2.05, 4.69) is 31.0 Å². The van der Waals surface area contributed by atoms with Gasteiger partial charge in [0, 0.05) is 55.6 Å². The Morgan fingerprint density at radius 3 is 2.78 bits per heavy atom. The number of benzene rings is 1. The lowest BCUT2D eigenvalue weighted by atomic mass is 9.83. The van der Waals surface area contributed by atoms with Crippen molar-refractivity contribution in [1.29, 1.82) is 5.26 Å². The molecule has 1 N–H and O–H groups in total. The molecule has 11 heteroatoms. The number of nitrogens with zero attached hydrogens (tertiary/aromatic N) is 7. The molecule has 37 heavy (non-hydrogen) atoms. The van der Waals surface area contributed by atoms with Gasteiger partial charge in [0.15, 0.2) is 0 Å². The van der Waals surface area contributed by atoms with Gasteiger partial charge in [-0.1, -0.05) is 0 Å². The molecule has 0 aliphatic carbocycles. The number of hydrogen-bond donors (Lipinski definition) is 1. The van der Waals surface area contributed by atoms with Crippen molar-refractivity contribution in [2.24, 2.45) is 0 Å². The maximum Gasteiger partial charge on any atom is 0.256 e. The fourth-order valence-electron chi connectivity index (χ4n) is 5.53. The van der Waals surface area contributed by atoms with Gasteiger partial charge in [0.1, 0.15) is 29.1 Å². The molecule has 1 aromatic carbocycles. The van der Waals surface area contributed by atoms with Gasteiger partial charge in [0.2, 0.25) is 0 Å². The molecule has 6 rings (SSSR count). The van der Waals surface area contributed by atoms with Crippen molar-refractivity contribution in [2.75, 3.05) is 26.2 Å². The summed E-state index contributed by atoms with van der Waals surface area (Å²) in [7, 11) is 0. The molecule has 4 aromatic rings. The van der Waals surface area contributed by atoms with Crippen LogP contribution in [0.15, 0.2) is 49.2 Å². The zero-order valence-corrected chi connectivity index (χ0v) is 19.9. The molecule has 0 bridgehead atoms. The van der Waals surface area contributed by atoms with E-state index in [4.69, 9.17) is 0 Å². The molecule has 1 amide bonds. The maximum absolute atomic E-state index is 14.1. The predicted octanol–water partition coefficient (Wildman–Crippen LogP) is 3.33. The Morgan fingerprint density at radius 2 is 2.00 bits per heavy atom. The van der Waals surface area contributed by atoms with E-state index >= 15 is 0 Å². The zero-order valence-electron chi connectivity index (χ0n) is 19.9. The highest BCUT2D eigenvalue weighted by atomic mass is 19.1. The summed E-state index contributed by atoms with van der Waals surface area (Å²) >= 11 is 0. The van der Waals surface area contributed by atoms with Crippen molar-refractivity contribution < 1.29 is 13.6 Å². The Balaban J connectivity index is 1.13. The molecule has 3 aromatic heterocycles. The molecule has 2 aliphatic rings. The van der Waals surface area contributed by atoms with Crippen LogP contribution in [0, 0.1) is 23.0 Å². The van der Waals surface area contributed by atoms with Crippen LogP contribution in [0.5, 0.6) is 0 Å². The number of amides is 1. The average molecular weight is 503 g/mol. The van der Waals surface area contributed by atoms with Crippen molar-refractivity contribution in [3.05, 3.63) is 66.4 Å². The molecular formula is C26H24F2N8O. The van der Waals surface area contributed by atoms with Crippen LogP contribution in [0.4, 0.5) is 8.78 Å². The second-order valence-electron chi connectivity index (χ2n) is 9.75. The molecule has 188 valence electrons. The summed E-state index contributed by atoms with van der Waals surface area (Å²) in [4.78, 5) is 28.4. The van der Waals surface area contributed by atoms with Crippen LogP contribution < -0.4 is 0 Å². The predicted molar refractivity (Wildman–Crippen MR) is 130 cm³/mol. The number of aromatic nitrogens is 5. The third-order valence-corrected chi connectivity index (χ3v) is 7.53. The highest BCUT2D eigenvalue weighted by Gasteiger charge is 2.48. The van der Waals surface area contributed by atoms with Crippen LogP contribution in [0.3, 0.4) is 0 Å². The van der Waals surface area contributed by atoms with Gasteiger partial charge < -0.3 is 9.88 Å². The maximum atomic E-state index is 14.1. The fourth-order valence-corrected chi connectivity index (χ4v) is 5.53. The lowest BCUT2D eigenvalue weighted by Crippen LogP contribution is -2.66. The molecule has 2 saturated heterocycles. The van der Waals surface area contributed by atoms with Gasteiger partial charge in [-0.15, -0.1) is 0 Å². The Bertz CT molecular complexity index is 1510. The van der Waals surface area contributed by atoms with Crippen LogP contribution in [0.25, 0.3) is 22.3 Å². The number of fused-ring (bicyclic) bond motifs is 1. The molecule has 0 radical (unpaired) electrons. The first-order valence-electron chi connectivity index (χ1n) is 12.2. The van der Waals surface area contributed by atoms with E-state index in [0.717, 1.165) is 53.3 Å². The van der Waals surface area contributed by atoms with Crippen molar-refractivity contribution in [3.8, 4) is 17.3 Å². The van der Waals surface area contributed by atoms with Gasteiger partial charge >= 0.3 is 0 Å². The molecule has 5 heterocycles. The molecule has 0 spiro atoms. The molecule has 0 saturated carbocycles. The number of nitrogens with one attached hydrogen (secondary N) is 1. The van der Waals surface area contributed by atoms with Crippen LogP contribution in [0.1, 0.15) is 29.6 Å². The molecule has 9 nitrogen and oxygen atoms in total. The molecule has 2 aliphatic heterocycles. The number of hydrogen-bond acceptors (Lipinski definition) is 6. The van der Waals surface area contributed by atoms with E-state index in [1.807, 2.05) is 23.1 Å². The van der Waals surface area contributed by atoms with Gasteiger partial charge in [0.25, 0.3) is 5.91 Å². The standard InChI is InChI=1S/C26H24F2N8O/c27-18-1-2-22(28)21(11-18)25(37)34-9-4-19(5-10-34)35-14-26(15-35,6-7-29)36-13-17(12-33-36)23-20-3-8-30-24(20)32-16-31-23/h1-3,8,11-13,16,19H,4-6,9-10,14-15H2,(H,30,31,32). The molecule has 0 unspecified atom stereocenters. The fraction of sp³-hybridized carbons (Fsp3) is 0.346. The Morgan fingerprint density at radius 1 is 1.19 bits per heavy atom. The van der Waals surface area contributed by atoms with E-state index in [1.165, 1.54) is 6.33 Å². The Kier molecular flexibility index (Phi) is 5.68. The highest BCUT2D eigenvalue weighted by molar-refractivity contribution is 5.94. The third-order valence-electron chi connectivity index (χ3n) is 7.53. The first-order chi connectivity index (χ1) is 18.0. The molecule has 0 atom stereocenters. The Labute approximate surface area is 211 Å². The minimum absolute atomic E-state index is 0.231. The Hall–Kier alpha value is -4.17. The SMILES string of the molecule is N#CCC1(n2cc(-c3ncnc4[nH]ccc34)cn2)CN(C2CCN(C(=O)c3cc(F)ccc3F)CC2)C1. The number of halogens is 2. The minimum Gasteiger partial charge on any atom is -0.346 e. The number of aromatic amines is 1. The van der Waals surface area contributed by atoms with Crippen molar-refractivity contribution >= 4 is 16.9 Å². The monoisotopic (exact) mass is 502 g/mol. The first kappa shape index (κ1) is 23.2. The topological polar surface area (TPSA) is 107 Å². The number of nitriles is 1. The smallest absolute Gasteiger partial charge is 0.256 e. The third kappa shape index (κ3) is 4.03. The van der Waals surface area contributed by atoms with E-state index < -0.39 is 23.1 Å². The van der Waals surface area contributed by atoms with Crippen LogP contribution in [-0.2, 0) is 5.54 Å². The van der Waals surface area contributed by atoms with Gasteiger partial charge in [-0.05, 0) is 37.1 Å². The van der Waals surface area contributed by atoms with Gasteiger partial charge in [-0.2, -0.15) is 10.4 Å². The minimum atomic E-state index is -0.713. The average Bonchev–Trinajstić information content (AvgIpc) is 3.57. The van der Waals surface area contributed by atoms with E-state index in [-0.39, 0.29) is 11.6 Å². The number of piperidine rings is 1. The van der Waals surface area contributed by atoms with Crippen LogP contribution >= 0.6 is 0 Å². The summed E-state index contributed by atoms with van der Waals surface area (Å²) in [6.45, 7) is 2.27. The van der Waals surface area contributed by atoms with Gasteiger partial charge in [-0.3, -0.25) is 14.4 Å². The quantitative estimate of drug-likeness (QED) is 0.449. The van der Waals surface area contributed by atoms with Crippen molar-refractivity contribution in [2.45, 2.75) is 30.8 Å². The molecule has 2 fully saturated rings. The van der Waals surface area contributed by atoms with Crippen LogP contribution in [-0.4, -0.2) is 72.7 Å². The summed E-state index contributed by atoms with van der Waals surface area (Å²) in [6.07, 6.45) is 8.82. The summed E-state index contributed by atoms with van der Waals surface area (Å²) < 4.78 is 29.5. The van der Waals surface area contributed by atoms with E-state index in [9.17, 15) is 18.8 Å². The number of H-pyrrole nitrogens is 1. The van der Waals surface area contributed by atoms with Gasteiger partial charge in [-0.25, -0.2) is 18.7 Å². The summed E-state index contributed by atoms with van der Waals surface area (Å²) in [6, 6.07) is 7.43. The van der Waals surface area contributed by atoms with Crippen molar-refractivity contribution in [1.82, 2.24) is 34.5 Å². The normalized spacial score (nSPS) is 18.0. The molecular weight excluding hydrogens is 478 g/mol. The lowest BCUT2D eigenvalue weighted by Gasteiger charge is -2.53. The van der Waals surface area contributed by atoms with Crippen LogP contribution in [0.2, 0.25) is 0 Å². The number of carbonyl (C=O) groups is 1. The number of likely N-dealkylation sites (tertiary alicyclic amines) is 2. The highest BCUT2D eigenvalue weighted by Crippen LogP contribution is 2.37. The largest absolute Gasteiger partial charge is 0.346 e. The second-order valence-corrected chi connectivity index (χ2v) is 9.75. The summed E-state index contributed by atoms with van der Waals surface area (Å²) in [5.74, 6) is -1.83. The summed E-state index contributed by atoms with van der Waals surface area (Å²) in [5.41, 5.74) is 1.73. The zero-order chi connectivity index (χ0) is 25.6. The number of carbonyl (C=O) groups excluding carboxylic acids is 1. The van der Waals surface area contributed by atoms with E-state index in [0.29, 0.717) is 32.6 Å². The lowest BCUT2D eigenvalue weighted by molar-refractivity contribution is -0.0412. The summed E-state index contributed by atoms with van der Waals surface area (Å²) in [5, 5.41) is 15.1.